The molecule has 22 heavy (non-hydrogen) atoms. The van der Waals surface area contributed by atoms with Crippen LogP contribution < -0.4 is 10.6 Å². The number of hydrogen-bond acceptors (Lipinski definition) is 2. The molecule has 0 aliphatic heterocycles. The molecular weight excluding hydrogens is 300 g/mol. The zero-order chi connectivity index (χ0) is 15.9. The van der Waals surface area contributed by atoms with Crippen LogP contribution in [-0.4, -0.2) is 11.9 Å². The lowest BCUT2D eigenvalue weighted by Crippen LogP contribution is -2.34. The Morgan fingerprint density at radius 3 is 2.27 bits per heavy atom. The van der Waals surface area contributed by atoms with Crippen molar-refractivity contribution in [1.29, 1.82) is 0 Å². The number of carbonyl (C=O) groups excluding carboxylic acids is 2. The molecule has 112 valence electrons. The van der Waals surface area contributed by atoms with Gasteiger partial charge in [0.1, 0.15) is 0 Å². The average molecular weight is 315 g/mol. The molecule has 2 aromatic carbocycles. The highest BCUT2D eigenvalue weighted by Gasteiger charge is 2.09. The van der Waals surface area contributed by atoms with E-state index in [9.17, 15) is 9.59 Å². The molecule has 0 heterocycles. The van der Waals surface area contributed by atoms with Gasteiger partial charge in [-0.3, -0.25) is 10.1 Å². The monoisotopic (exact) mass is 314 g/mol. The Morgan fingerprint density at radius 2 is 1.64 bits per heavy atom. The predicted octanol–water partition coefficient (Wildman–Crippen LogP) is 4.09. The lowest BCUT2D eigenvalue weighted by Gasteiger charge is -2.07. The van der Waals surface area contributed by atoms with Gasteiger partial charge in [0, 0.05) is 16.3 Å². The molecule has 0 saturated heterocycles. The quantitative estimate of drug-likeness (QED) is 0.838. The van der Waals surface area contributed by atoms with E-state index >= 15 is 0 Å². The fourth-order valence-corrected chi connectivity index (χ4v) is 1.89. The smallest absolute Gasteiger partial charge is 0.308 e. The number of imide groups is 1. The first kappa shape index (κ1) is 15.8. The van der Waals surface area contributed by atoms with Crippen molar-refractivity contribution in [2.24, 2.45) is 0 Å². The molecule has 5 heteroatoms. The average Bonchev–Trinajstić information content (AvgIpc) is 2.50. The number of carbonyl (C=O) groups is 2. The number of amides is 3. The lowest BCUT2D eigenvalue weighted by molar-refractivity contribution is -0.116. The Morgan fingerprint density at radius 1 is 1.00 bits per heavy atom. The van der Waals surface area contributed by atoms with Gasteiger partial charge in [-0.1, -0.05) is 41.9 Å². The van der Waals surface area contributed by atoms with Crippen molar-refractivity contribution in [2.45, 2.75) is 6.92 Å². The summed E-state index contributed by atoms with van der Waals surface area (Å²) < 4.78 is 0. The molecule has 0 radical (unpaired) electrons. The molecule has 0 unspecified atom stereocenters. The molecule has 0 aromatic heterocycles. The van der Waals surface area contributed by atoms with E-state index in [2.05, 4.69) is 10.6 Å². The van der Waals surface area contributed by atoms with Crippen LogP contribution in [0.1, 0.15) is 12.5 Å². The van der Waals surface area contributed by atoms with E-state index in [1.165, 1.54) is 0 Å². The Bertz CT molecular complexity index is 694. The molecule has 2 aromatic rings. The van der Waals surface area contributed by atoms with Gasteiger partial charge >= 0.3 is 6.03 Å². The first-order chi connectivity index (χ1) is 10.5. The molecule has 0 bridgehead atoms. The zero-order valence-corrected chi connectivity index (χ0v) is 12.7. The molecule has 3 amide bonds. The minimum absolute atomic E-state index is 0.442. The summed E-state index contributed by atoms with van der Waals surface area (Å²) >= 11 is 5.76. The molecule has 0 aliphatic rings. The second-order valence-electron chi connectivity index (χ2n) is 4.65. The van der Waals surface area contributed by atoms with Crippen molar-refractivity contribution in [1.82, 2.24) is 5.32 Å². The summed E-state index contributed by atoms with van der Waals surface area (Å²) in [5.41, 5.74) is 1.89. The van der Waals surface area contributed by atoms with Gasteiger partial charge < -0.3 is 5.32 Å². The highest BCUT2D eigenvalue weighted by molar-refractivity contribution is 6.30. The Labute approximate surface area is 133 Å². The van der Waals surface area contributed by atoms with E-state index < -0.39 is 11.9 Å². The largest absolute Gasteiger partial charge is 0.326 e. The summed E-state index contributed by atoms with van der Waals surface area (Å²) in [5.74, 6) is -0.449. The second-order valence-corrected chi connectivity index (χ2v) is 5.09. The summed E-state index contributed by atoms with van der Waals surface area (Å²) in [6.07, 6.45) is 1.71. The van der Waals surface area contributed by atoms with Crippen LogP contribution in [0.2, 0.25) is 5.02 Å². The number of anilines is 1. The van der Waals surface area contributed by atoms with Crippen LogP contribution in [-0.2, 0) is 4.79 Å². The first-order valence-corrected chi connectivity index (χ1v) is 7.03. The summed E-state index contributed by atoms with van der Waals surface area (Å²) in [5, 5.41) is 5.41. The summed E-state index contributed by atoms with van der Waals surface area (Å²) in [7, 11) is 0. The first-order valence-electron chi connectivity index (χ1n) is 6.66. The Hall–Kier alpha value is -2.59. The minimum atomic E-state index is -0.590. The van der Waals surface area contributed by atoms with Crippen molar-refractivity contribution >= 4 is 35.3 Å². The van der Waals surface area contributed by atoms with E-state index in [0.29, 0.717) is 16.3 Å². The fraction of sp³-hybridized carbons (Fsp3) is 0.0588. The molecule has 4 nitrogen and oxygen atoms in total. The van der Waals surface area contributed by atoms with Crippen molar-refractivity contribution in [3.05, 3.63) is 70.8 Å². The maximum absolute atomic E-state index is 11.9. The standard InChI is InChI=1S/C17H15ClN2O2/c1-12(11-13-5-3-2-4-6-13)16(21)20-17(22)19-15-9-7-14(18)8-10-15/h2-11H,1H3,(H2,19,20,21,22)/b12-11+. The van der Waals surface area contributed by atoms with Gasteiger partial charge in [-0.15, -0.1) is 0 Å². The van der Waals surface area contributed by atoms with Crippen molar-refractivity contribution in [3.8, 4) is 0 Å². The van der Waals surface area contributed by atoms with E-state index in [0.717, 1.165) is 5.56 Å². The minimum Gasteiger partial charge on any atom is -0.308 e. The summed E-state index contributed by atoms with van der Waals surface area (Å²) in [6.45, 7) is 1.65. The fourth-order valence-electron chi connectivity index (χ4n) is 1.76. The lowest BCUT2D eigenvalue weighted by atomic mass is 10.1. The van der Waals surface area contributed by atoms with Gasteiger partial charge in [-0.05, 0) is 42.8 Å². The van der Waals surface area contributed by atoms with Gasteiger partial charge in [-0.2, -0.15) is 0 Å². The SMILES string of the molecule is C/C(=C\c1ccccc1)C(=O)NC(=O)Nc1ccc(Cl)cc1. The van der Waals surface area contributed by atoms with E-state index in [1.54, 1.807) is 37.3 Å². The highest BCUT2D eigenvalue weighted by atomic mass is 35.5. The van der Waals surface area contributed by atoms with Crippen LogP contribution in [0.5, 0.6) is 0 Å². The molecule has 0 fully saturated rings. The van der Waals surface area contributed by atoms with Crippen LogP contribution in [0.4, 0.5) is 10.5 Å². The third kappa shape index (κ3) is 4.75. The van der Waals surface area contributed by atoms with Gasteiger partial charge in [0.05, 0.1) is 0 Å². The van der Waals surface area contributed by atoms with Crippen LogP contribution >= 0.6 is 11.6 Å². The molecule has 0 atom stereocenters. The molecule has 2 rings (SSSR count). The normalized spacial score (nSPS) is 10.9. The van der Waals surface area contributed by atoms with Crippen LogP contribution in [0, 0.1) is 0 Å². The second kappa shape index (κ2) is 7.43. The van der Waals surface area contributed by atoms with Gasteiger partial charge in [-0.25, -0.2) is 4.79 Å². The van der Waals surface area contributed by atoms with Crippen molar-refractivity contribution in [2.75, 3.05) is 5.32 Å². The number of hydrogen-bond donors (Lipinski definition) is 2. The number of halogens is 1. The van der Waals surface area contributed by atoms with Gasteiger partial charge in [0.15, 0.2) is 0 Å². The third-order valence-corrected chi connectivity index (χ3v) is 3.12. The van der Waals surface area contributed by atoms with E-state index in [1.807, 2.05) is 30.3 Å². The topological polar surface area (TPSA) is 58.2 Å². The highest BCUT2D eigenvalue weighted by Crippen LogP contribution is 2.13. The van der Waals surface area contributed by atoms with Crippen LogP contribution in [0.3, 0.4) is 0 Å². The molecule has 0 spiro atoms. The predicted molar refractivity (Wildman–Crippen MR) is 88.7 cm³/mol. The van der Waals surface area contributed by atoms with E-state index in [-0.39, 0.29) is 0 Å². The third-order valence-electron chi connectivity index (χ3n) is 2.87. The van der Waals surface area contributed by atoms with Gasteiger partial charge in [0.25, 0.3) is 5.91 Å². The van der Waals surface area contributed by atoms with E-state index in [4.69, 9.17) is 11.6 Å². The van der Waals surface area contributed by atoms with Gasteiger partial charge in [0.2, 0.25) is 0 Å². The molecule has 2 N–H and O–H groups in total. The molecule has 0 aliphatic carbocycles. The number of nitrogens with one attached hydrogen (secondary N) is 2. The van der Waals surface area contributed by atoms with Crippen molar-refractivity contribution in [3.63, 3.8) is 0 Å². The zero-order valence-electron chi connectivity index (χ0n) is 12.0. The number of urea groups is 1. The Kier molecular flexibility index (Phi) is 5.33. The molecule has 0 saturated carbocycles. The maximum Gasteiger partial charge on any atom is 0.326 e. The van der Waals surface area contributed by atoms with Crippen molar-refractivity contribution < 1.29 is 9.59 Å². The number of rotatable bonds is 3. The van der Waals surface area contributed by atoms with Crippen LogP contribution in [0.25, 0.3) is 6.08 Å². The summed E-state index contributed by atoms with van der Waals surface area (Å²) in [4.78, 5) is 23.7. The Balaban J connectivity index is 1.95. The summed E-state index contributed by atoms with van der Waals surface area (Å²) in [6, 6.07) is 15.4. The maximum atomic E-state index is 11.9. The molecular formula is C17H15ClN2O2. The van der Waals surface area contributed by atoms with Crippen LogP contribution in [0.15, 0.2) is 60.2 Å². The number of benzene rings is 2.